The molecule has 1 N–H and O–H groups in total. The van der Waals surface area contributed by atoms with E-state index in [2.05, 4.69) is 10.2 Å². The van der Waals surface area contributed by atoms with Crippen LogP contribution in [-0.2, 0) is 0 Å². The van der Waals surface area contributed by atoms with E-state index in [1.54, 1.807) is 7.11 Å². The molecule has 2 heterocycles. The number of para-hydroxylation sites is 2. The summed E-state index contributed by atoms with van der Waals surface area (Å²) in [4.78, 5) is 2.48. The van der Waals surface area contributed by atoms with Gasteiger partial charge in [-0.2, -0.15) is 0 Å². The van der Waals surface area contributed by atoms with Crippen LogP contribution in [0.4, 0.5) is 0 Å². The first-order valence-corrected chi connectivity index (χ1v) is 7.08. The summed E-state index contributed by atoms with van der Waals surface area (Å²) in [5.74, 6) is 2.50. The van der Waals surface area contributed by atoms with Crippen LogP contribution in [0.2, 0.25) is 0 Å². The normalized spacial score (nSPS) is 24.2. The van der Waals surface area contributed by atoms with Gasteiger partial charge in [0, 0.05) is 19.6 Å². The van der Waals surface area contributed by atoms with Gasteiger partial charge in [-0.15, -0.1) is 0 Å². The van der Waals surface area contributed by atoms with Crippen molar-refractivity contribution in [2.75, 3.05) is 39.8 Å². The summed E-state index contributed by atoms with van der Waals surface area (Å²) in [6.45, 7) is 5.63. The molecule has 2 fully saturated rings. The molecule has 1 aromatic rings. The van der Waals surface area contributed by atoms with Crippen LogP contribution in [0.1, 0.15) is 6.42 Å². The number of nitrogens with zero attached hydrogens (tertiary/aromatic N) is 1. The summed E-state index contributed by atoms with van der Waals surface area (Å²) in [6.07, 6.45) is 1.62. The first-order valence-electron chi connectivity index (χ1n) is 7.08. The standard InChI is InChI=1S/C15H22N2O2/c1-18-14-4-2-3-5-15(14)19-13-10-17(11-13)9-12-6-7-16-8-12/h2-5,12-13,16H,6-11H2,1H3. The highest BCUT2D eigenvalue weighted by atomic mass is 16.5. The van der Waals surface area contributed by atoms with Gasteiger partial charge in [0.1, 0.15) is 6.10 Å². The van der Waals surface area contributed by atoms with E-state index < -0.39 is 0 Å². The monoisotopic (exact) mass is 262 g/mol. The highest BCUT2D eigenvalue weighted by Gasteiger charge is 2.31. The molecule has 0 amide bonds. The van der Waals surface area contributed by atoms with Gasteiger partial charge in [0.05, 0.1) is 7.11 Å². The van der Waals surface area contributed by atoms with Crippen LogP contribution in [0.5, 0.6) is 11.5 Å². The molecule has 0 aliphatic carbocycles. The predicted molar refractivity (Wildman–Crippen MR) is 74.8 cm³/mol. The van der Waals surface area contributed by atoms with Gasteiger partial charge in [0.25, 0.3) is 0 Å². The molecule has 2 aliphatic rings. The molecule has 0 bridgehead atoms. The van der Waals surface area contributed by atoms with Crippen molar-refractivity contribution in [1.29, 1.82) is 0 Å². The average molecular weight is 262 g/mol. The molecule has 0 aromatic heterocycles. The summed E-state index contributed by atoms with van der Waals surface area (Å²) < 4.78 is 11.3. The number of hydrogen-bond donors (Lipinski definition) is 1. The number of hydrogen-bond acceptors (Lipinski definition) is 4. The number of methoxy groups -OCH3 is 1. The summed E-state index contributed by atoms with van der Waals surface area (Å²) >= 11 is 0. The zero-order valence-corrected chi connectivity index (χ0v) is 11.5. The first kappa shape index (κ1) is 12.8. The van der Waals surface area contributed by atoms with Crippen LogP contribution in [0.3, 0.4) is 0 Å². The fourth-order valence-corrected chi connectivity index (χ4v) is 2.88. The van der Waals surface area contributed by atoms with Crippen molar-refractivity contribution in [1.82, 2.24) is 10.2 Å². The highest BCUT2D eigenvalue weighted by Crippen LogP contribution is 2.29. The number of ether oxygens (including phenoxy) is 2. The lowest BCUT2D eigenvalue weighted by molar-refractivity contribution is 0.0104. The minimum atomic E-state index is 0.311. The Balaban J connectivity index is 1.45. The number of nitrogens with one attached hydrogen (secondary N) is 1. The van der Waals surface area contributed by atoms with Gasteiger partial charge in [0.2, 0.25) is 0 Å². The first-order chi connectivity index (χ1) is 9.35. The Bertz CT molecular complexity index is 412. The molecular weight excluding hydrogens is 240 g/mol. The van der Waals surface area contributed by atoms with Crippen molar-refractivity contribution >= 4 is 0 Å². The highest BCUT2D eigenvalue weighted by molar-refractivity contribution is 5.39. The molecule has 2 aliphatic heterocycles. The Labute approximate surface area is 114 Å². The Morgan fingerprint density at radius 3 is 2.74 bits per heavy atom. The van der Waals surface area contributed by atoms with Gasteiger partial charge in [-0.05, 0) is 37.6 Å². The van der Waals surface area contributed by atoms with Gasteiger partial charge < -0.3 is 14.8 Å². The molecule has 2 saturated heterocycles. The van der Waals surface area contributed by atoms with Crippen molar-refractivity contribution in [3.8, 4) is 11.5 Å². The van der Waals surface area contributed by atoms with Crippen molar-refractivity contribution in [3.05, 3.63) is 24.3 Å². The molecule has 1 unspecified atom stereocenters. The molecule has 104 valence electrons. The Morgan fingerprint density at radius 1 is 1.26 bits per heavy atom. The molecule has 1 atom stereocenters. The molecule has 19 heavy (non-hydrogen) atoms. The van der Waals surface area contributed by atoms with E-state index in [-0.39, 0.29) is 0 Å². The number of benzene rings is 1. The van der Waals surface area contributed by atoms with E-state index in [1.165, 1.54) is 26.1 Å². The molecule has 0 saturated carbocycles. The van der Waals surface area contributed by atoms with Crippen molar-refractivity contribution < 1.29 is 9.47 Å². The Morgan fingerprint density at radius 2 is 2.05 bits per heavy atom. The lowest BCUT2D eigenvalue weighted by Crippen LogP contribution is -2.55. The average Bonchev–Trinajstić information content (AvgIpc) is 2.89. The predicted octanol–water partition coefficient (Wildman–Crippen LogP) is 1.37. The minimum Gasteiger partial charge on any atom is -0.493 e. The van der Waals surface area contributed by atoms with Crippen LogP contribution >= 0.6 is 0 Å². The molecule has 1 aromatic carbocycles. The van der Waals surface area contributed by atoms with E-state index in [9.17, 15) is 0 Å². The van der Waals surface area contributed by atoms with Crippen molar-refractivity contribution in [2.45, 2.75) is 12.5 Å². The second-order valence-corrected chi connectivity index (χ2v) is 5.47. The van der Waals surface area contributed by atoms with Crippen molar-refractivity contribution in [2.24, 2.45) is 5.92 Å². The Kier molecular flexibility index (Phi) is 3.89. The van der Waals surface area contributed by atoms with E-state index in [1.807, 2.05) is 24.3 Å². The van der Waals surface area contributed by atoms with Crippen LogP contribution < -0.4 is 14.8 Å². The molecule has 4 heteroatoms. The second-order valence-electron chi connectivity index (χ2n) is 5.47. The van der Waals surface area contributed by atoms with Crippen LogP contribution in [0.15, 0.2) is 24.3 Å². The largest absolute Gasteiger partial charge is 0.493 e. The summed E-state index contributed by atoms with van der Waals surface area (Å²) in [7, 11) is 1.68. The topological polar surface area (TPSA) is 33.7 Å². The quantitative estimate of drug-likeness (QED) is 0.869. The summed E-state index contributed by atoms with van der Waals surface area (Å²) in [5.41, 5.74) is 0. The fraction of sp³-hybridized carbons (Fsp3) is 0.600. The van der Waals surface area contributed by atoms with E-state index in [4.69, 9.17) is 9.47 Å². The molecule has 0 spiro atoms. The van der Waals surface area contributed by atoms with Gasteiger partial charge in [-0.25, -0.2) is 0 Å². The lowest BCUT2D eigenvalue weighted by Gasteiger charge is -2.40. The van der Waals surface area contributed by atoms with Gasteiger partial charge in [-0.3, -0.25) is 4.90 Å². The molecule has 0 radical (unpaired) electrons. The molecule has 3 rings (SSSR count). The van der Waals surface area contributed by atoms with Crippen LogP contribution in [0, 0.1) is 5.92 Å². The fourth-order valence-electron chi connectivity index (χ4n) is 2.88. The van der Waals surface area contributed by atoms with Gasteiger partial charge in [-0.1, -0.05) is 12.1 Å². The molecule has 4 nitrogen and oxygen atoms in total. The maximum Gasteiger partial charge on any atom is 0.161 e. The summed E-state index contributed by atoms with van der Waals surface area (Å²) in [5, 5.41) is 3.42. The minimum absolute atomic E-state index is 0.311. The maximum atomic E-state index is 5.98. The van der Waals surface area contributed by atoms with Crippen LogP contribution in [0.25, 0.3) is 0 Å². The van der Waals surface area contributed by atoms with Crippen LogP contribution in [-0.4, -0.2) is 50.8 Å². The SMILES string of the molecule is COc1ccccc1OC1CN(CC2CCNC2)C1. The smallest absolute Gasteiger partial charge is 0.161 e. The molecular formula is C15H22N2O2. The van der Waals surface area contributed by atoms with Gasteiger partial charge in [0.15, 0.2) is 11.5 Å². The third-order valence-corrected chi connectivity index (χ3v) is 3.97. The maximum absolute atomic E-state index is 5.98. The van der Waals surface area contributed by atoms with E-state index >= 15 is 0 Å². The van der Waals surface area contributed by atoms with E-state index in [0.29, 0.717) is 6.10 Å². The lowest BCUT2D eigenvalue weighted by atomic mass is 10.0. The third kappa shape index (κ3) is 3.01. The van der Waals surface area contributed by atoms with E-state index in [0.717, 1.165) is 30.5 Å². The Hall–Kier alpha value is -1.26. The zero-order valence-electron chi connectivity index (χ0n) is 11.5. The second kappa shape index (κ2) is 5.80. The zero-order chi connectivity index (χ0) is 13.1. The third-order valence-electron chi connectivity index (χ3n) is 3.97. The number of rotatable bonds is 5. The van der Waals surface area contributed by atoms with Gasteiger partial charge >= 0.3 is 0 Å². The number of likely N-dealkylation sites (tertiary alicyclic amines) is 1. The summed E-state index contributed by atoms with van der Waals surface area (Å²) in [6, 6.07) is 7.86. The van der Waals surface area contributed by atoms with Crippen molar-refractivity contribution in [3.63, 3.8) is 0 Å².